The number of furan rings is 3. The number of hydrogen-bond acceptors (Lipinski definition) is 14. The van der Waals surface area contributed by atoms with Crippen LogP contribution in [0.25, 0.3) is 34.0 Å². The van der Waals surface area contributed by atoms with Gasteiger partial charge in [-0.15, -0.1) is 0 Å². The van der Waals surface area contributed by atoms with Crippen LogP contribution < -0.4 is 20.8 Å². The first-order valence-corrected chi connectivity index (χ1v) is 27.4. The Kier molecular flexibility index (Phi) is 28.0. The normalized spacial score (nSPS) is 10.8. The van der Waals surface area contributed by atoms with Crippen LogP contribution in [0.15, 0.2) is 174 Å². The predicted molar refractivity (Wildman–Crippen MR) is 338 cm³/mol. The third-order valence-electron chi connectivity index (χ3n) is 12.2. The number of anilines is 1. The number of nitrogens with two attached hydrogens (primary N) is 1. The topological polar surface area (TPSA) is 212 Å². The van der Waals surface area contributed by atoms with Gasteiger partial charge in [0.05, 0.1) is 61.8 Å². The number of rotatable bonds is 24. The number of benzene rings is 3. The average Bonchev–Trinajstić information content (AvgIpc) is 4.31. The van der Waals surface area contributed by atoms with Crippen LogP contribution in [0.5, 0.6) is 11.8 Å². The Morgan fingerprint density at radius 2 is 0.940 bits per heavy atom. The van der Waals surface area contributed by atoms with Crippen LogP contribution in [-0.2, 0) is 38.5 Å². The molecule has 6 aromatic heterocycles. The molecule has 3 aromatic carbocycles. The van der Waals surface area contributed by atoms with E-state index in [1.807, 2.05) is 106 Å². The first-order valence-electron chi connectivity index (χ1n) is 27.4. The maximum Gasteiger partial charge on any atom is 0.254 e. The number of aromatic nitrogens is 6. The van der Waals surface area contributed by atoms with Crippen molar-refractivity contribution in [1.82, 2.24) is 39.7 Å². The fraction of sp³-hybridized carbons (Fsp3) is 0.333. The summed E-state index contributed by atoms with van der Waals surface area (Å²) < 4.78 is 28.0. The van der Waals surface area contributed by atoms with Crippen molar-refractivity contribution in [1.29, 1.82) is 0 Å². The fourth-order valence-electron chi connectivity index (χ4n) is 8.02. The molecule has 9 rings (SSSR count). The van der Waals surface area contributed by atoms with Gasteiger partial charge in [-0.3, -0.25) is 14.5 Å². The number of halogens is 1. The molecule has 84 heavy (non-hydrogen) atoms. The number of hydrogen-bond donors (Lipinski definition) is 2. The molecule has 0 atom stereocenters. The van der Waals surface area contributed by atoms with Gasteiger partial charge in [0.15, 0.2) is 0 Å². The van der Waals surface area contributed by atoms with Gasteiger partial charge in [-0.05, 0) is 134 Å². The second-order valence-electron chi connectivity index (χ2n) is 20.6. The summed E-state index contributed by atoms with van der Waals surface area (Å²) in [5, 5.41) is 0. The van der Waals surface area contributed by atoms with Crippen molar-refractivity contribution in [3.05, 3.63) is 190 Å². The van der Waals surface area contributed by atoms with Crippen molar-refractivity contribution in [3.8, 4) is 45.7 Å². The molecule has 0 fully saturated rings. The lowest BCUT2D eigenvalue weighted by atomic mass is 10.0. The van der Waals surface area contributed by atoms with Crippen molar-refractivity contribution in [2.45, 2.75) is 93.9 Å². The zero-order valence-electron chi connectivity index (χ0n) is 48.2. The Labute approximate surface area is 494 Å². The number of aryl methyl sites for hydroxylation is 6. The Hall–Kier alpha value is -9.19. The van der Waals surface area contributed by atoms with E-state index in [2.05, 4.69) is 116 Å². The monoisotopic (exact) mass is 1150 g/mol. The highest BCUT2D eigenvalue weighted by Crippen LogP contribution is 2.25. The molecule has 0 aliphatic heterocycles. The van der Waals surface area contributed by atoms with E-state index in [9.17, 15) is 4.79 Å². The van der Waals surface area contributed by atoms with Gasteiger partial charge in [-0.2, -0.15) is 9.97 Å². The second-order valence-corrected chi connectivity index (χ2v) is 20.6. The van der Waals surface area contributed by atoms with Crippen molar-refractivity contribution < 1.29 is 27.4 Å². The van der Waals surface area contributed by atoms with Gasteiger partial charge in [0, 0.05) is 63.1 Å². The van der Waals surface area contributed by atoms with Gasteiger partial charge in [-0.1, -0.05) is 97.1 Å². The summed E-state index contributed by atoms with van der Waals surface area (Å²) in [4.78, 5) is 48.5. The van der Waals surface area contributed by atoms with Crippen LogP contribution in [0.2, 0.25) is 0 Å². The van der Waals surface area contributed by atoms with Crippen molar-refractivity contribution in [2.24, 2.45) is 21.8 Å². The van der Waals surface area contributed by atoms with Crippen LogP contribution >= 0.6 is 0 Å². The molecular weight excluding hydrogens is 1060 g/mol. The minimum atomic E-state index is -0.194. The SMILES string of the molecule is C.C.CC(C)CCOc1cc(CCc2cccc(-c3ccco3)c2)nc(N)n1.CC(C)CCOc1cc(CCc2cccc(-c3ccco3)c2)nc(N=CN(C)C)n1.CN(C)C=Nc1nc(CCc2cccc(-c3ccco3)c2)cc(=O)[nH]1.F. The van der Waals surface area contributed by atoms with Crippen LogP contribution in [0.3, 0.4) is 0 Å². The van der Waals surface area contributed by atoms with Crippen LogP contribution in [0.1, 0.15) is 89.2 Å². The molecule has 0 amide bonds. The number of nitrogen functional groups attached to an aromatic ring is 1. The molecule has 0 unspecified atom stereocenters. The third-order valence-corrected chi connectivity index (χ3v) is 12.2. The molecule has 0 radical (unpaired) electrons. The molecule has 0 saturated carbocycles. The molecule has 0 aliphatic rings. The van der Waals surface area contributed by atoms with E-state index in [1.54, 1.807) is 36.4 Å². The van der Waals surface area contributed by atoms with Gasteiger partial charge >= 0.3 is 0 Å². The van der Waals surface area contributed by atoms with E-state index in [1.165, 1.54) is 17.2 Å². The molecule has 0 spiro atoms. The third kappa shape index (κ3) is 23.3. The smallest absolute Gasteiger partial charge is 0.254 e. The highest BCUT2D eigenvalue weighted by atomic mass is 19.0. The lowest BCUT2D eigenvalue weighted by Gasteiger charge is -2.10. The van der Waals surface area contributed by atoms with Crippen molar-refractivity contribution in [2.75, 3.05) is 47.1 Å². The minimum Gasteiger partial charge on any atom is -0.478 e. The van der Waals surface area contributed by atoms with Gasteiger partial charge < -0.3 is 38.3 Å². The summed E-state index contributed by atoms with van der Waals surface area (Å²) in [7, 11) is 7.55. The van der Waals surface area contributed by atoms with E-state index in [-0.39, 0.29) is 31.1 Å². The molecule has 0 bridgehead atoms. The molecule has 17 nitrogen and oxygen atoms in total. The Balaban J connectivity index is 0.000000267. The lowest BCUT2D eigenvalue weighted by Crippen LogP contribution is -2.11. The van der Waals surface area contributed by atoms with Gasteiger partial charge in [-0.25, -0.2) is 24.9 Å². The van der Waals surface area contributed by atoms with Crippen LogP contribution in [0, 0.1) is 11.8 Å². The molecule has 0 saturated heterocycles. The summed E-state index contributed by atoms with van der Waals surface area (Å²) in [5.41, 5.74) is 15.0. The molecule has 446 valence electrons. The number of nitrogens with one attached hydrogen (secondary N) is 1. The number of ether oxygens (including phenoxy) is 2. The number of aliphatic imine (C=N–C) groups is 2. The average molecular weight is 1150 g/mol. The van der Waals surface area contributed by atoms with E-state index in [4.69, 9.17) is 28.5 Å². The Morgan fingerprint density at radius 3 is 1.36 bits per heavy atom. The summed E-state index contributed by atoms with van der Waals surface area (Å²) >= 11 is 0. The maximum absolute atomic E-state index is 11.8. The molecule has 6 heterocycles. The largest absolute Gasteiger partial charge is 0.478 e. The summed E-state index contributed by atoms with van der Waals surface area (Å²) in [6, 6.07) is 41.8. The molecule has 0 aliphatic carbocycles. The fourth-order valence-corrected chi connectivity index (χ4v) is 8.02. The van der Waals surface area contributed by atoms with E-state index < -0.39 is 0 Å². The number of aromatic amines is 1. The van der Waals surface area contributed by atoms with Gasteiger partial charge in [0.1, 0.15) is 17.3 Å². The predicted octanol–water partition coefficient (Wildman–Crippen LogP) is 14.2. The summed E-state index contributed by atoms with van der Waals surface area (Å²) in [6.45, 7) is 9.96. The highest BCUT2D eigenvalue weighted by Gasteiger charge is 2.11. The van der Waals surface area contributed by atoms with Crippen LogP contribution in [0.4, 0.5) is 22.5 Å². The summed E-state index contributed by atoms with van der Waals surface area (Å²) in [5.74, 6) is 5.90. The van der Waals surface area contributed by atoms with Crippen molar-refractivity contribution >= 4 is 30.5 Å². The van der Waals surface area contributed by atoms with Gasteiger partial charge in [0.25, 0.3) is 11.5 Å². The Bertz CT molecular complexity index is 3410. The van der Waals surface area contributed by atoms with Gasteiger partial charge in [0.2, 0.25) is 23.7 Å². The van der Waals surface area contributed by atoms with E-state index in [0.717, 1.165) is 102 Å². The summed E-state index contributed by atoms with van der Waals surface area (Å²) in [6.07, 6.45) is 15.0. The highest BCUT2D eigenvalue weighted by molar-refractivity contribution is 5.61. The molecule has 9 aromatic rings. The maximum atomic E-state index is 11.8. The van der Waals surface area contributed by atoms with Crippen molar-refractivity contribution in [3.63, 3.8) is 0 Å². The first-order chi connectivity index (χ1) is 39.2. The quantitative estimate of drug-likeness (QED) is 0.0426. The number of nitrogens with zero attached hydrogens (tertiary/aromatic N) is 9. The molecule has 3 N–H and O–H groups in total. The lowest BCUT2D eigenvalue weighted by molar-refractivity contribution is 0.278. The molecule has 18 heteroatoms. The standard InChI is InChI=1S/C24H30N4O2.C21H25N3O2.C19H20N4O2.2CH4.FH/c1-18(2)12-14-30-23-16-21(26-24(27-23)25-17-28(3)4)11-10-19-7-5-8-20(15-19)22-9-6-13-29-22;1-15(2)10-12-26-20-14-18(23-21(22)24-20)9-8-16-5-3-6-17(13-16)19-7-4-11-25-19;1-23(2)13-20-19-21-16(12-18(24)22-19)9-8-14-5-3-6-15(11-14)17-7-4-10-25-17;;;/h5-9,13,15-18H,10-12,14H2,1-4H3;3-7,11,13-15H,8-10,12H2,1-2H3,(H2,22,23,24);3-7,10-13H,8-9H2,1-2H3,(H,21,22,24);2*1H4;1H. The zero-order valence-corrected chi connectivity index (χ0v) is 48.2. The minimum absolute atomic E-state index is 0. The molecular formula is C66H84FN11O6. The first kappa shape index (κ1) is 67.3. The zero-order chi connectivity index (χ0) is 57.3. The Morgan fingerprint density at radius 1 is 0.524 bits per heavy atom. The van der Waals surface area contributed by atoms with E-state index >= 15 is 0 Å². The number of H-pyrrole nitrogens is 1. The second kappa shape index (κ2) is 34.9. The van der Waals surface area contributed by atoms with Crippen LogP contribution in [-0.4, -0.2) is 93.8 Å². The van der Waals surface area contributed by atoms with E-state index in [0.29, 0.717) is 55.1 Å².